The summed E-state index contributed by atoms with van der Waals surface area (Å²) in [6.45, 7) is 5.24. The van der Waals surface area contributed by atoms with Gasteiger partial charge in [-0.25, -0.2) is 0 Å². The summed E-state index contributed by atoms with van der Waals surface area (Å²) in [5.74, 6) is -0.259. The summed E-state index contributed by atoms with van der Waals surface area (Å²) in [6.07, 6.45) is 4.11. The molecule has 90 valence electrons. The number of carbonyl (C=O) groups is 1. The van der Waals surface area contributed by atoms with Gasteiger partial charge in [0.15, 0.2) is 0 Å². The monoisotopic (exact) mass is 230 g/mol. The van der Waals surface area contributed by atoms with Gasteiger partial charge in [0.1, 0.15) is 0 Å². The first kappa shape index (κ1) is 11.7. The van der Waals surface area contributed by atoms with E-state index in [1.54, 1.807) is 0 Å². The van der Waals surface area contributed by atoms with Gasteiger partial charge in [0.05, 0.1) is 5.41 Å². The third kappa shape index (κ3) is 2.49. The number of carbonyl (C=O) groups excluding carboxylic acids is 1. The van der Waals surface area contributed by atoms with Crippen LogP contribution in [0.4, 0.5) is 0 Å². The number of fused-ring (bicyclic) bond motifs is 1. The Balaban J connectivity index is 2.12. The van der Waals surface area contributed by atoms with Gasteiger partial charge in [0.25, 0.3) is 0 Å². The van der Waals surface area contributed by atoms with Crippen molar-refractivity contribution in [3.63, 3.8) is 0 Å². The Morgan fingerprint density at radius 1 is 1.41 bits per heavy atom. The molecule has 17 heavy (non-hydrogen) atoms. The van der Waals surface area contributed by atoms with E-state index in [1.165, 1.54) is 11.1 Å². The second-order valence-electron chi connectivity index (χ2n) is 5.17. The van der Waals surface area contributed by atoms with E-state index < -0.39 is 5.41 Å². The van der Waals surface area contributed by atoms with E-state index in [1.807, 2.05) is 32.2 Å². The maximum Gasteiger partial charge on any atom is 0.224 e. The Kier molecular flexibility index (Phi) is 2.92. The first-order valence-corrected chi connectivity index (χ1v) is 5.79. The highest BCUT2D eigenvalue weighted by Gasteiger charge is 2.27. The molecule has 0 saturated heterocycles. The van der Waals surface area contributed by atoms with Crippen LogP contribution in [0.1, 0.15) is 25.0 Å². The van der Waals surface area contributed by atoms with Gasteiger partial charge in [0, 0.05) is 13.1 Å². The van der Waals surface area contributed by atoms with E-state index in [2.05, 4.69) is 23.1 Å². The zero-order chi connectivity index (χ0) is 12.5. The average Bonchev–Trinajstić information content (AvgIpc) is 2.28. The molecule has 0 spiro atoms. The van der Waals surface area contributed by atoms with Crippen LogP contribution in [0, 0.1) is 5.41 Å². The molecule has 0 aromatic heterocycles. The van der Waals surface area contributed by atoms with Crippen LogP contribution in [0.2, 0.25) is 0 Å². The molecule has 1 aliphatic rings. The normalized spacial score (nSPS) is 14.6. The van der Waals surface area contributed by atoms with Crippen LogP contribution in [-0.4, -0.2) is 17.4 Å². The summed E-state index contributed by atoms with van der Waals surface area (Å²) in [4.78, 5) is 13.4. The molecular weight excluding hydrogens is 212 g/mol. The average molecular weight is 230 g/mol. The number of primary amides is 1. The number of rotatable bonds is 3. The van der Waals surface area contributed by atoms with Crippen LogP contribution in [0.3, 0.4) is 0 Å². The van der Waals surface area contributed by atoms with Crippen molar-refractivity contribution in [2.24, 2.45) is 11.1 Å². The topological polar surface area (TPSA) is 46.3 Å². The van der Waals surface area contributed by atoms with Crippen LogP contribution in [-0.2, 0) is 11.3 Å². The van der Waals surface area contributed by atoms with Crippen LogP contribution in [0.25, 0.3) is 6.08 Å². The molecule has 2 rings (SSSR count). The molecule has 0 atom stereocenters. The van der Waals surface area contributed by atoms with Crippen LogP contribution < -0.4 is 5.73 Å². The van der Waals surface area contributed by atoms with Gasteiger partial charge in [-0.1, -0.05) is 24.3 Å². The van der Waals surface area contributed by atoms with Crippen molar-refractivity contribution in [2.45, 2.75) is 20.4 Å². The lowest BCUT2D eigenvalue weighted by Gasteiger charge is -2.32. The second kappa shape index (κ2) is 4.24. The van der Waals surface area contributed by atoms with Gasteiger partial charge in [-0.15, -0.1) is 0 Å². The summed E-state index contributed by atoms with van der Waals surface area (Å²) >= 11 is 0. The minimum atomic E-state index is -0.503. The lowest BCUT2D eigenvalue weighted by molar-refractivity contribution is -0.126. The third-order valence-corrected chi connectivity index (χ3v) is 3.16. The van der Waals surface area contributed by atoms with Crippen molar-refractivity contribution in [1.29, 1.82) is 0 Å². The molecule has 2 N–H and O–H groups in total. The minimum absolute atomic E-state index is 0.259. The molecular formula is C14H18N2O. The van der Waals surface area contributed by atoms with Gasteiger partial charge in [-0.2, -0.15) is 0 Å². The van der Waals surface area contributed by atoms with Crippen molar-refractivity contribution in [3.05, 3.63) is 41.6 Å². The summed E-state index contributed by atoms with van der Waals surface area (Å²) < 4.78 is 0. The van der Waals surface area contributed by atoms with Gasteiger partial charge >= 0.3 is 0 Å². The van der Waals surface area contributed by atoms with Crippen molar-refractivity contribution < 1.29 is 4.79 Å². The predicted molar refractivity (Wildman–Crippen MR) is 68.9 cm³/mol. The van der Waals surface area contributed by atoms with Crippen LogP contribution >= 0.6 is 0 Å². The number of nitrogens with two attached hydrogens (primary N) is 1. The van der Waals surface area contributed by atoms with Gasteiger partial charge in [0.2, 0.25) is 5.91 Å². The molecule has 1 heterocycles. The lowest BCUT2D eigenvalue weighted by Crippen LogP contribution is -2.41. The largest absolute Gasteiger partial charge is 0.372 e. The van der Waals surface area contributed by atoms with E-state index in [4.69, 9.17) is 5.73 Å². The summed E-state index contributed by atoms with van der Waals surface area (Å²) in [5.41, 5.74) is 7.43. The van der Waals surface area contributed by atoms with Crippen LogP contribution in [0.5, 0.6) is 0 Å². The first-order chi connectivity index (χ1) is 7.99. The van der Waals surface area contributed by atoms with Crippen molar-refractivity contribution >= 4 is 12.0 Å². The van der Waals surface area contributed by atoms with Crippen molar-refractivity contribution in [2.75, 3.05) is 6.54 Å². The van der Waals surface area contributed by atoms with E-state index in [0.29, 0.717) is 6.54 Å². The molecule has 1 aromatic carbocycles. The fraction of sp³-hybridized carbons (Fsp3) is 0.357. The maximum absolute atomic E-state index is 11.3. The van der Waals surface area contributed by atoms with Gasteiger partial charge in [-0.05, 0) is 37.3 Å². The highest BCUT2D eigenvalue weighted by molar-refractivity contribution is 5.80. The molecule has 1 aromatic rings. The number of nitrogens with zero attached hydrogens (tertiary/aromatic N) is 1. The molecule has 0 bridgehead atoms. The van der Waals surface area contributed by atoms with Gasteiger partial charge in [-0.3, -0.25) is 4.79 Å². The lowest BCUT2D eigenvalue weighted by atomic mass is 9.91. The van der Waals surface area contributed by atoms with Crippen molar-refractivity contribution in [1.82, 2.24) is 4.90 Å². The standard InChI is InChI=1S/C14H18N2O/c1-14(2,13(15)17)10-16-8-7-11-5-3-4-6-12(11)9-16/h3-8H,9-10H2,1-2H3,(H2,15,17). The number of benzene rings is 1. The first-order valence-electron chi connectivity index (χ1n) is 5.79. The molecule has 3 heteroatoms. The van der Waals surface area contributed by atoms with Crippen LogP contribution in [0.15, 0.2) is 30.5 Å². The molecule has 0 aliphatic carbocycles. The Labute approximate surface area is 102 Å². The molecule has 1 amide bonds. The third-order valence-electron chi connectivity index (χ3n) is 3.16. The zero-order valence-electron chi connectivity index (χ0n) is 10.3. The van der Waals surface area contributed by atoms with Gasteiger partial charge < -0.3 is 10.6 Å². The number of hydrogen-bond acceptors (Lipinski definition) is 2. The van der Waals surface area contributed by atoms with Crippen molar-refractivity contribution in [3.8, 4) is 0 Å². The molecule has 0 fully saturated rings. The second-order valence-corrected chi connectivity index (χ2v) is 5.17. The maximum atomic E-state index is 11.3. The Bertz CT molecular complexity index is 463. The number of hydrogen-bond donors (Lipinski definition) is 1. The smallest absolute Gasteiger partial charge is 0.224 e. The fourth-order valence-corrected chi connectivity index (χ4v) is 1.99. The Morgan fingerprint density at radius 3 is 2.82 bits per heavy atom. The fourth-order valence-electron chi connectivity index (χ4n) is 1.99. The summed E-state index contributed by atoms with van der Waals surface area (Å²) in [6, 6.07) is 8.28. The summed E-state index contributed by atoms with van der Waals surface area (Å²) in [5, 5.41) is 0. The van der Waals surface area contributed by atoms with E-state index in [9.17, 15) is 4.79 Å². The molecule has 0 saturated carbocycles. The number of amides is 1. The Hall–Kier alpha value is -1.77. The SMILES string of the molecule is CC(C)(CN1C=Cc2ccccc2C1)C(N)=O. The highest BCUT2D eigenvalue weighted by atomic mass is 16.1. The van der Waals surface area contributed by atoms with E-state index >= 15 is 0 Å². The molecule has 0 radical (unpaired) electrons. The molecule has 3 nitrogen and oxygen atoms in total. The quantitative estimate of drug-likeness (QED) is 0.863. The predicted octanol–water partition coefficient (Wildman–Crippen LogP) is 1.98. The summed E-state index contributed by atoms with van der Waals surface area (Å²) in [7, 11) is 0. The molecule has 1 aliphatic heterocycles. The minimum Gasteiger partial charge on any atom is -0.372 e. The van der Waals surface area contributed by atoms with E-state index in [-0.39, 0.29) is 5.91 Å². The highest BCUT2D eigenvalue weighted by Crippen LogP contribution is 2.23. The molecule has 0 unspecified atom stereocenters. The zero-order valence-corrected chi connectivity index (χ0v) is 10.3. The van der Waals surface area contributed by atoms with E-state index in [0.717, 1.165) is 6.54 Å². The Morgan fingerprint density at radius 2 is 2.12 bits per heavy atom.